The normalized spacial score (nSPS) is 11.5. The van der Waals surface area contributed by atoms with Crippen molar-refractivity contribution in [3.8, 4) is 22.6 Å². The SMILES string of the molecule is Cc1ccc2cc(-c3ccc4cnc(-c5ccc6cnccc6c5)nc4c3)[nH]c2c1. The van der Waals surface area contributed by atoms with Gasteiger partial charge < -0.3 is 4.98 Å². The lowest BCUT2D eigenvalue weighted by Crippen LogP contribution is -1.91. The van der Waals surface area contributed by atoms with Crippen molar-refractivity contribution < 1.29 is 0 Å². The largest absolute Gasteiger partial charge is 0.355 e. The highest BCUT2D eigenvalue weighted by Gasteiger charge is 2.08. The molecule has 0 saturated heterocycles. The Hall–Kier alpha value is -4.05. The maximum absolute atomic E-state index is 4.87. The van der Waals surface area contributed by atoms with Gasteiger partial charge in [-0.05, 0) is 48.2 Å². The first-order valence-electron chi connectivity index (χ1n) is 9.94. The number of aryl methyl sites for hydroxylation is 1. The highest BCUT2D eigenvalue weighted by molar-refractivity contribution is 5.90. The fraction of sp³-hybridized carbons (Fsp3) is 0.0385. The summed E-state index contributed by atoms with van der Waals surface area (Å²) in [6.45, 7) is 2.11. The van der Waals surface area contributed by atoms with Gasteiger partial charge in [0.05, 0.1) is 5.52 Å². The number of fused-ring (bicyclic) bond motifs is 3. The van der Waals surface area contributed by atoms with Crippen molar-refractivity contribution in [3.63, 3.8) is 0 Å². The van der Waals surface area contributed by atoms with Gasteiger partial charge in [-0.15, -0.1) is 0 Å². The molecule has 0 atom stereocenters. The molecule has 4 nitrogen and oxygen atoms in total. The van der Waals surface area contributed by atoms with Gasteiger partial charge in [-0.3, -0.25) is 4.98 Å². The number of hydrogen-bond acceptors (Lipinski definition) is 3. The van der Waals surface area contributed by atoms with Gasteiger partial charge in [0.2, 0.25) is 0 Å². The Balaban J connectivity index is 1.46. The van der Waals surface area contributed by atoms with Crippen LogP contribution in [0.15, 0.2) is 85.3 Å². The monoisotopic (exact) mass is 386 g/mol. The van der Waals surface area contributed by atoms with Crippen molar-refractivity contribution >= 4 is 32.6 Å². The summed E-state index contributed by atoms with van der Waals surface area (Å²) in [4.78, 5) is 17.2. The number of aromatic nitrogens is 4. The Labute approximate surface area is 173 Å². The Bertz CT molecular complexity index is 1560. The van der Waals surface area contributed by atoms with Crippen molar-refractivity contribution in [1.82, 2.24) is 19.9 Å². The molecule has 0 radical (unpaired) electrons. The zero-order valence-corrected chi connectivity index (χ0v) is 16.4. The van der Waals surface area contributed by atoms with E-state index in [2.05, 4.69) is 82.5 Å². The number of rotatable bonds is 2. The number of aromatic amines is 1. The van der Waals surface area contributed by atoms with Crippen LogP contribution in [-0.2, 0) is 0 Å². The van der Waals surface area contributed by atoms with Gasteiger partial charge in [0, 0.05) is 57.1 Å². The van der Waals surface area contributed by atoms with Crippen molar-refractivity contribution in [1.29, 1.82) is 0 Å². The second kappa shape index (κ2) is 6.49. The molecule has 30 heavy (non-hydrogen) atoms. The lowest BCUT2D eigenvalue weighted by atomic mass is 10.1. The molecule has 0 fully saturated rings. The molecule has 1 N–H and O–H groups in total. The van der Waals surface area contributed by atoms with Crippen LogP contribution >= 0.6 is 0 Å². The van der Waals surface area contributed by atoms with Gasteiger partial charge in [0.1, 0.15) is 0 Å². The van der Waals surface area contributed by atoms with E-state index in [9.17, 15) is 0 Å². The maximum atomic E-state index is 4.87. The van der Waals surface area contributed by atoms with Crippen LogP contribution in [0.3, 0.4) is 0 Å². The fourth-order valence-electron chi connectivity index (χ4n) is 3.95. The van der Waals surface area contributed by atoms with Crippen molar-refractivity contribution in [3.05, 3.63) is 90.9 Å². The molecule has 3 aromatic heterocycles. The van der Waals surface area contributed by atoms with E-state index in [-0.39, 0.29) is 0 Å². The van der Waals surface area contributed by atoms with Crippen molar-refractivity contribution in [2.45, 2.75) is 6.92 Å². The van der Waals surface area contributed by atoms with Gasteiger partial charge in [0.15, 0.2) is 5.82 Å². The van der Waals surface area contributed by atoms with Crippen LogP contribution in [-0.4, -0.2) is 19.9 Å². The zero-order valence-electron chi connectivity index (χ0n) is 16.4. The van der Waals surface area contributed by atoms with Gasteiger partial charge in [-0.25, -0.2) is 9.97 Å². The van der Waals surface area contributed by atoms with Crippen LogP contribution in [0.4, 0.5) is 0 Å². The van der Waals surface area contributed by atoms with E-state index in [0.29, 0.717) is 0 Å². The van der Waals surface area contributed by atoms with E-state index in [1.807, 2.05) is 24.7 Å². The Morgan fingerprint density at radius 2 is 1.57 bits per heavy atom. The topological polar surface area (TPSA) is 54.5 Å². The minimum Gasteiger partial charge on any atom is -0.355 e. The molecule has 0 aliphatic rings. The number of nitrogens with zero attached hydrogens (tertiary/aromatic N) is 3. The van der Waals surface area contributed by atoms with Crippen molar-refractivity contribution in [2.24, 2.45) is 0 Å². The van der Waals surface area contributed by atoms with Gasteiger partial charge in [-0.1, -0.05) is 36.4 Å². The lowest BCUT2D eigenvalue weighted by molar-refractivity contribution is 1.23. The summed E-state index contributed by atoms with van der Waals surface area (Å²) in [6, 6.07) is 23.2. The summed E-state index contributed by atoms with van der Waals surface area (Å²) in [6.07, 6.45) is 5.57. The number of hydrogen-bond donors (Lipinski definition) is 1. The first kappa shape index (κ1) is 16.9. The van der Waals surface area contributed by atoms with Crippen LogP contribution in [0.5, 0.6) is 0 Å². The summed E-state index contributed by atoms with van der Waals surface area (Å²) in [7, 11) is 0. The van der Waals surface area contributed by atoms with E-state index in [1.165, 1.54) is 10.9 Å². The Kier molecular flexibility index (Phi) is 3.65. The van der Waals surface area contributed by atoms with Crippen LogP contribution in [0, 0.1) is 6.92 Å². The molecule has 3 heterocycles. The molecular weight excluding hydrogens is 368 g/mol. The zero-order chi connectivity index (χ0) is 20.1. The second-order valence-corrected chi connectivity index (χ2v) is 7.68. The molecule has 0 saturated carbocycles. The van der Waals surface area contributed by atoms with Crippen molar-refractivity contribution in [2.75, 3.05) is 0 Å². The minimum absolute atomic E-state index is 0.727. The molecule has 0 unspecified atom stereocenters. The third kappa shape index (κ3) is 2.81. The van der Waals surface area contributed by atoms with E-state index < -0.39 is 0 Å². The summed E-state index contributed by atoms with van der Waals surface area (Å²) < 4.78 is 0. The number of pyridine rings is 1. The summed E-state index contributed by atoms with van der Waals surface area (Å²) >= 11 is 0. The average Bonchev–Trinajstić information content (AvgIpc) is 3.21. The molecule has 0 bridgehead atoms. The second-order valence-electron chi connectivity index (χ2n) is 7.68. The third-order valence-electron chi connectivity index (χ3n) is 5.57. The summed E-state index contributed by atoms with van der Waals surface area (Å²) in [5.74, 6) is 0.727. The lowest BCUT2D eigenvalue weighted by Gasteiger charge is -2.06. The molecule has 4 heteroatoms. The molecular formula is C26H18N4. The van der Waals surface area contributed by atoms with E-state index >= 15 is 0 Å². The average molecular weight is 386 g/mol. The predicted molar refractivity (Wildman–Crippen MR) is 122 cm³/mol. The molecule has 0 amide bonds. The molecule has 142 valence electrons. The highest BCUT2D eigenvalue weighted by Crippen LogP contribution is 2.28. The highest BCUT2D eigenvalue weighted by atomic mass is 14.9. The fourth-order valence-corrected chi connectivity index (χ4v) is 3.95. The predicted octanol–water partition coefficient (Wildman–Crippen LogP) is 6.30. The van der Waals surface area contributed by atoms with E-state index in [4.69, 9.17) is 4.98 Å². The third-order valence-corrected chi connectivity index (χ3v) is 5.57. The Morgan fingerprint density at radius 1 is 0.700 bits per heavy atom. The van der Waals surface area contributed by atoms with Crippen LogP contribution in [0.2, 0.25) is 0 Å². The molecule has 3 aromatic carbocycles. The first-order valence-corrected chi connectivity index (χ1v) is 9.94. The maximum Gasteiger partial charge on any atom is 0.159 e. The molecule has 0 aliphatic carbocycles. The van der Waals surface area contributed by atoms with E-state index in [1.54, 1.807) is 0 Å². The minimum atomic E-state index is 0.727. The van der Waals surface area contributed by atoms with Gasteiger partial charge in [0.25, 0.3) is 0 Å². The van der Waals surface area contributed by atoms with Gasteiger partial charge in [-0.2, -0.15) is 0 Å². The first-order chi connectivity index (χ1) is 14.7. The standard InChI is InChI=1S/C26H18N4/c1-16-2-3-18-12-24(29-23(18)10-16)19-4-7-22-15-28-26(30-25(22)13-19)20-5-6-21-14-27-9-8-17(21)11-20/h2-15,29H,1H3. The summed E-state index contributed by atoms with van der Waals surface area (Å²) in [5, 5.41) is 4.48. The molecule has 0 aliphatic heterocycles. The van der Waals surface area contributed by atoms with E-state index in [0.717, 1.165) is 49.8 Å². The van der Waals surface area contributed by atoms with Crippen LogP contribution in [0.1, 0.15) is 5.56 Å². The quantitative estimate of drug-likeness (QED) is 0.380. The van der Waals surface area contributed by atoms with Gasteiger partial charge >= 0.3 is 0 Å². The number of benzene rings is 3. The summed E-state index contributed by atoms with van der Waals surface area (Å²) in [5.41, 5.74) is 6.54. The molecule has 0 spiro atoms. The molecule has 6 aromatic rings. The van der Waals surface area contributed by atoms with Crippen LogP contribution < -0.4 is 0 Å². The number of H-pyrrole nitrogens is 1. The molecule has 6 rings (SSSR count). The number of nitrogens with one attached hydrogen (secondary N) is 1. The Morgan fingerprint density at radius 3 is 2.53 bits per heavy atom. The smallest absolute Gasteiger partial charge is 0.159 e. The van der Waals surface area contributed by atoms with Crippen LogP contribution in [0.25, 0.3) is 55.2 Å².